The highest BCUT2D eigenvalue weighted by atomic mass is 16.6. The summed E-state index contributed by atoms with van der Waals surface area (Å²) in [6.45, 7) is 5.61. The van der Waals surface area contributed by atoms with Gasteiger partial charge in [-0.25, -0.2) is 0 Å². The number of nitrogens with one attached hydrogen (secondary N) is 1. The molecule has 1 amide bonds. The summed E-state index contributed by atoms with van der Waals surface area (Å²) in [6.07, 6.45) is 5.28. The number of aryl methyl sites for hydroxylation is 1. The summed E-state index contributed by atoms with van der Waals surface area (Å²) in [6, 6.07) is 5.69. The van der Waals surface area contributed by atoms with E-state index in [4.69, 9.17) is 9.47 Å². The first-order valence-corrected chi connectivity index (χ1v) is 9.32. The average molecular weight is 355 g/mol. The second-order valence-electron chi connectivity index (χ2n) is 7.34. The molecule has 2 heterocycles. The minimum Gasteiger partial charge on any atom is -0.486 e. The molecule has 6 heteroatoms. The minimum atomic E-state index is -0.108. The summed E-state index contributed by atoms with van der Waals surface area (Å²) in [5.41, 5.74) is 3.43. The lowest BCUT2D eigenvalue weighted by Gasteiger charge is -2.21. The van der Waals surface area contributed by atoms with Gasteiger partial charge in [-0.3, -0.25) is 9.48 Å². The van der Waals surface area contributed by atoms with Crippen LogP contribution >= 0.6 is 0 Å². The lowest BCUT2D eigenvalue weighted by molar-refractivity contribution is -0.122. The Morgan fingerprint density at radius 1 is 1.35 bits per heavy atom. The molecule has 2 aromatic rings. The number of carbonyl (C=O) groups excluding carboxylic acids is 1. The van der Waals surface area contributed by atoms with E-state index in [1.165, 1.54) is 12.0 Å². The third kappa shape index (κ3) is 3.54. The Bertz CT molecular complexity index is 815. The maximum absolute atomic E-state index is 12.4. The molecule has 1 aromatic carbocycles. The smallest absolute Gasteiger partial charge is 0.242 e. The van der Waals surface area contributed by atoms with Crippen LogP contribution in [-0.4, -0.2) is 28.9 Å². The van der Waals surface area contributed by atoms with Crippen LogP contribution in [0.5, 0.6) is 11.5 Å². The highest BCUT2D eigenvalue weighted by Crippen LogP contribution is 2.32. The zero-order chi connectivity index (χ0) is 18.1. The van der Waals surface area contributed by atoms with Crippen molar-refractivity contribution in [2.24, 2.45) is 5.92 Å². The number of ether oxygens (including phenoxy) is 2. The third-order valence-electron chi connectivity index (χ3n) is 5.12. The molecule has 0 spiro atoms. The van der Waals surface area contributed by atoms with Gasteiger partial charge in [0.1, 0.15) is 19.8 Å². The van der Waals surface area contributed by atoms with Gasteiger partial charge in [0.2, 0.25) is 5.91 Å². The van der Waals surface area contributed by atoms with Crippen molar-refractivity contribution in [1.82, 2.24) is 15.1 Å². The Morgan fingerprint density at radius 3 is 3.00 bits per heavy atom. The van der Waals surface area contributed by atoms with E-state index < -0.39 is 0 Å². The van der Waals surface area contributed by atoms with Crippen molar-refractivity contribution in [3.8, 4) is 11.5 Å². The molecule has 1 aromatic heterocycles. The van der Waals surface area contributed by atoms with Crippen LogP contribution in [0.2, 0.25) is 0 Å². The van der Waals surface area contributed by atoms with Crippen LogP contribution in [0.1, 0.15) is 43.1 Å². The molecule has 0 bridgehead atoms. The maximum atomic E-state index is 12.4. The molecule has 6 nitrogen and oxygen atoms in total. The second-order valence-corrected chi connectivity index (χ2v) is 7.34. The van der Waals surface area contributed by atoms with Crippen LogP contribution < -0.4 is 14.8 Å². The molecule has 0 fully saturated rings. The van der Waals surface area contributed by atoms with Gasteiger partial charge in [0.15, 0.2) is 11.5 Å². The number of amides is 1. The topological polar surface area (TPSA) is 65.4 Å². The Hall–Kier alpha value is -2.50. The second kappa shape index (κ2) is 7.02. The molecule has 1 N–H and O–H groups in total. The Labute approximate surface area is 153 Å². The van der Waals surface area contributed by atoms with Crippen molar-refractivity contribution < 1.29 is 14.3 Å². The predicted molar refractivity (Wildman–Crippen MR) is 97.4 cm³/mol. The van der Waals surface area contributed by atoms with Crippen molar-refractivity contribution >= 4 is 5.91 Å². The Balaban J connectivity index is 1.39. The fraction of sp³-hybridized carbons (Fsp3) is 0.500. The SMILES string of the molecule is CC1CCc2nn(CC(=O)NC(C)c3ccc4c(c3)OCCO4)cc2C1. The van der Waals surface area contributed by atoms with Gasteiger partial charge in [-0.2, -0.15) is 5.10 Å². The highest BCUT2D eigenvalue weighted by Gasteiger charge is 2.20. The molecule has 26 heavy (non-hydrogen) atoms. The van der Waals surface area contributed by atoms with Crippen LogP contribution in [0.25, 0.3) is 0 Å². The van der Waals surface area contributed by atoms with E-state index in [0.717, 1.165) is 35.6 Å². The van der Waals surface area contributed by atoms with Crippen molar-refractivity contribution in [2.75, 3.05) is 13.2 Å². The first kappa shape index (κ1) is 16.9. The van der Waals surface area contributed by atoms with Crippen LogP contribution in [0.15, 0.2) is 24.4 Å². The van der Waals surface area contributed by atoms with Gasteiger partial charge in [0.25, 0.3) is 0 Å². The zero-order valence-corrected chi connectivity index (χ0v) is 15.3. The van der Waals surface area contributed by atoms with Gasteiger partial charge in [0.05, 0.1) is 11.7 Å². The molecular formula is C20H25N3O3. The number of fused-ring (bicyclic) bond motifs is 2. The highest BCUT2D eigenvalue weighted by molar-refractivity contribution is 5.76. The molecule has 138 valence electrons. The van der Waals surface area contributed by atoms with E-state index in [1.54, 1.807) is 4.68 Å². The lowest BCUT2D eigenvalue weighted by atomic mass is 9.89. The standard InChI is InChI=1S/C20H25N3O3/c1-13-3-5-17-16(9-13)11-23(22-17)12-20(24)21-14(2)15-4-6-18-19(10-15)26-8-7-25-18/h4,6,10-11,13-14H,3,5,7-9,12H2,1-2H3,(H,21,24). The first-order valence-electron chi connectivity index (χ1n) is 9.32. The monoisotopic (exact) mass is 355 g/mol. The van der Waals surface area contributed by atoms with E-state index >= 15 is 0 Å². The predicted octanol–water partition coefficient (Wildman–Crippen LogP) is 2.66. The number of aromatic nitrogens is 2. The number of rotatable bonds is 4. The van der Waals surface area contributed by atoms with Gasteiger partial charge in [-0.1, -0.05) is 13.0 Å². The van der Waals surface area contributed by atoms with Crippen molar-refractivity contribution in [2.45, 2.75) is 45.7 Å². The van der Waals surface area contributed by atoms with E-state index in [1.807, 2.05) is 31.3 Å². The molecule has 2 atom stereocenters. The first-order chi connectivity index (χ1) is 12.6. The Kier molecular flexibility index (Phi) is 4.57. The van der Waals surface area contributed by atoms with Crippen LogP contribution in [0, 0.1) is 5.92 Å². The minimum absolute atomic E-state index is 0.0414. The molecular weight excluding hydrogens is 330 g/mol. The van der Waals surface area contributed by atoms with Crippen molar-refractivity contribution in [3.63, 3.8) is 0 Å². The summed E-state index contributed by atoms with van der Waals surface area (Å²) >= 11 is 0. The third-order valence-corrected chi connectivity index (χ3v) is 5.12. The number of hydrogen-bond acceptors (Lipinski definition) is 4. The van der Waals surface area contributed by atoms with Crippen LogP contribution in [0.3, 0.4) is 0 Å². The fourth-order valence-corrected chi connectivity index (χ4v) is 3.67. The molecule has 0 radical (unpaired) electrons. The van der Waals surface area contributed by atoms with Crippen molar-refractivity contribution in [3.05, 3.63) is 41.2 Å². The summed E-state index contributed by atoms with van der Waals surface area (Å²) in [5, 5.41) is 7.63. The number of hydrogen-bond donors (Lipinski definition) is 1. The molecule has 4 rings (SSSR count). The van der Waals surface area contributed by atoms with Gasteiger partial charge in [0, 0.05) is 6.20 Å². The van der Waals surface area contributed by atoms with Gasteiger partial charge >= 0.3 is 0 Å². The molecule has 0 saturated heterocycles. The Morgan fingerprint density at radius 2 is 2.15 bits per heavy atom. The molecule has 1 aliphatic heterocycles. The van der Waals surface area contributed by atoms with Crippen LogP contribution in [-0.2, 0) is 24.2 Å². The largest absolute Gasteiger partial charge is 0.486 e. The normalized spacial score (nSPS) is 19.5. The van der Waals surface area contributed by atoms with E-state index in [9.17, 15) is 4.79 Å². The van der Waals surface area contributed by atoms with Crippen molar-refractivity contribution in [1.29, 1.82) is 0 Å². The molecule has 2 unspecified atom stereocenters. The molecule has 0 saturated carbocycles. The summed E-state index contributed by atoms with van der Waals surface area (Å²) in [7, 11) is 0. The van der Waals surface area contributed by atoms with E-state index in [0.29, 0.717) is 19.1 Å². The molecule has 1 aliphatic carbocycles. The van der Waals surface area contributed by atoms with E-state index in [2.05, 4.69) is 17.3 Å². The van der Waals surface area contributed by atoms with Crippen LogP contribution in [0.4, 0.5) is 0 Å². The quantitative estimate of drug-likeness (QED) is 0.916. The van der Waals surface area contributed by atoms with Gasteiger partial charge < -0.3 is 14.8 Å². The summed E-state index contributed by atoms with van der Waals surface area (Å²) in [5.74, 6) is 2.16. The summed E-state index contributed by atoms with van der Waals surface area (Å²) in [4.78, 5) is 12.4. The number of nitrogens with zero attached hydrogens (tertiary/aromatic N) is 2. The number of benzene rings is 1. The maximum Gasteiger partial charge on any atom is 0.242 e. The molecule has 2 aliphatic rings. The van der Waals surface area contributed by atoms with Gasteiger partial charge in [-0.15, -0.1) is 0 Å². The lowest BCUT2D eigenvalue weighted by Crippen LogP contribution is -2.30. The number of carbonyl (C=O) groups is 1. The van der Waals surface area contributed by atoms with E-state index in [-0.39, 0.29) is 18.5 Å². The van der Waals surface area contributed by atoms with Gasteiger partial charge in [-0.05, 0) is 55.4 Å². The fourth-order valence-electron chi connectivity index (χ4n) is 3.67. The average Bonchev–Trinajstić information content (AvgIpc) is 3.02. The summed E-state index contributed by atoms with van der Waals surface area (Å²) < 4.78 is 12.9. The zero-order valence-electron chi connectivity index (χ0n) is 15.3.